The van der Waals surface area contributed by atoms with Crippen molar-refractivity contribution in [2.45, 2.75) is 13.8 Å². The molecule has 0 atom stereocenters. The van der Waals surface area contributed by atoms with Crippen LogP contribution in [0, 0.1) is 0 Å². The van der Waals surface area contributed by atoms with Crippen molar-refractivity contribution in [3.63, 3.8) is 0 Å². The van der Waals surface area contributed by atoms with Gasteiger partial charge in [0, 0.05) is 46.7 Å². The molecule has 1 fully saturated rings. The second kappa shape index (κ2) is 7.70. The summed E-state index contributed by atoms with van der Waals surface area (Å²) in [6.07, 6.45) is 0. The standard InChI is InChI=1S/C10H20N4O.HI/c1-4-12-10(11-3)14-7-5-13(6-8-14)9(2)15;/h4-8H2,1-3H3,(H,11,12);1H. The molecule has 1 amide bonds. The van der Waals surface area contributed by atoms with Gasteiger partial charge in [-0.1, -0.05) is 0 Å². The quantitative estimate of drug-likeness (QED) is 0.426. The zero-order chi connectivity index (χ0) is 11.3. The van der Waals surface area contributed by atoms with Crippen molar-refractivity contribution >= 4 is 35.8 Å². The molecule has 0 aliphatic carbocycles. The highest BCUT2D eigenvalue weighted by Gasteiger charge is 2.20. The predicted octanol–water partition coefficient (Wildman–Crippen LogP) is 0.364. The predicted molar refractivity (Wildman–Crippen MR) is 76.3 cm³/mol. The number of piperazine rings is 1. The molecular weight excluding hydrogens is 319 g/mol. The van der Waals surface area contributed by atoms with Gasteiger partial charge in [-0.15, -0.1) is 24.0 Å². The second-order valence-corrected chi connectivity index (χ2v) is 3.57. The molecule has 0 unspecified atom stereocenters. The van der Waals surface area contributed by atoms with Gasteiger partial charge in [-0.05, 0) is 6.92 Å². The summed E-state index contributed by atoms with van der Waals surface area (Å²) in [6, 6.07) is 0. The fourth-order valence-corrected chi connectivity index (χ4v) is 1.72. The second-order valence-electron chi connectivity index (χ2n) is 3.57. The van der Waals surface area contributed by atoms with E-state index in [4.69, 9.17) is 0 Å². The van der Waals surface area contributed by atoms with E-state index in [1.165, 1.54) is 0 Å². The third-order valence-corrected chi connectivity index (χ3v) is 2.57. The van der Waals surface area contributed by atoms with Gasteiger partial charge in [0.1, 0.15) is 0 Å². The zero-order valence-corrected chi connectivity index (χ0v) is 12.5. The van der Waals surface area contributed by atoms with E-state index >= 15 is 0 Å². The number of guanidine groups is 1. The largest absolute Gasteiger partial charge is 0.357 e. The summed E-state index contributed by atoms with van der Waals surface area (Å²) in [6.45, 7) is 7.85. The van der Waals surface area contributed by atoms with E-state index in [0.717, 1.165) is 38.7 Å². The molecule has 1 aliphatic rings. The van der Waals surface area contributed by atoms with Crippen LogP contribution in [0.4, 0.5) is 0 Å². The Labute approximate surface area is 114 Å². The molecule has 1 rings (SSSR count). The first kappa shape index (κ1) is 15.5. The Bertz CT molecular complexity index is 249. The molecule has 6 heteroatoms. The van der Waals surface area contributed by atoms with Crippen molar-refractivity contribution in [3.8, 4) is 0 Å². The van der Waals surface area contributed by atoms with Gasteiger partial charge in [-0.3, -0.25) is 9.79 Å². The Morgan fingerprint density at radius 2 is 1.75 bits per heavy atom. The van der Waals surface area contributed by atoms with Crippen molar-refractivity contribution in [3.05, 3.63) is 0 Å². The van der Waals surface area contributed by atoms with Crippen molar-refractivity contribution in [2.75, 3.05) is 39.8 Å². The van der Waals surface area contributed by atoms with Gasteiger partial charge in [0.15, 0.2) is 5.96 Å². The molecule has 0 spiro atoms. The number of carbonyl (C=O) groups is 1. The Morgan fingerprint density at radius 3 is 2.12 bits per heavy atom. The highest BCUT2D eigenvalue weighted by molar-refractivity contribution is 14.0. The summed E-state index contributed by atoms with van der Waals surface area (Å²) in [5.41, 5.74) is 0. The highest BCUT2D eigenvalue weighted by atomic mass is 127. The molecule has 0 radical (unpaired) electrons. The minimum Gasteiger partial charge on any atom is -0.357 e. The lowest BCUT2D eigenvalue weighted by Gasteiger charge is -2.35. The van der Waals surface area contributed by atoms with E-state index in [2.05, 4.69) is 22.1 Å². The zero-order valence-electron chi connectivity index (χ0n) is 10.2. The topological polar surface area (TPSA) is 47.9 Å². The van der Waals surface area contributed by atoms with Gasteiger partial charge >= 0.3 is 0 Å². The van der Waals surface area contributed by atoms with Crippen LogP contribution in [-0.4, -0.2) is 61.4 Å². The summed E-state index contributed by atoms with van der Waals surface area (Å²) < 4.78 is 0. The molecule has 1 aliphatic heterocycles. The Balaban J connectivity index is 0.00000225. The van der Waals surface area contributed by atoms with Gasteiger partial charge in [-0.25, -0.2) is 0 Å². The number of nitrogens with zero attached hydrogens (tertiary/aromatic N) is 3. The van der Waals surface area contributed by atoms with Crippen LogP contribution in [0.1, 0.15) is 13.8 Å². The van der Waals surface area contributed by atoms with E-state index in [-0.39, 0.29) is 29.9 Å². The Morgan fingerprint density at radius 1 is 1.25 bits per heavy atom. The molecule has 16 heavy (non-hydrogen) atoms. The van der Waals surface area contributed by atoms with Crippen LogP contribution in [-0.2, 0) is 4.79 Å². The third-order valence-electron chi connectivity index (χ3n) is 2.57. The summed E-state index contributed by atoms with van der Waals surface area (Å²) >= 11 is 0. The maximum absolute atomic E-state index is 11.1. The number of aliphatic imine (C=N–C) groups is 1. The molecule has 0 aromatic heterocycles. The van der Waals surface area contributed by atoms with Crippen LogP contribution in [0.2, 0.25) is 0 Å². The molecule has 1 heterocycles. The van der Waals surface area contributed by atoms with Gasteiger partial charge in [0.2, 0.25) is 5.91 Å². The summed E-state index contributed by atoms with van der Waals surface area (Å²) in [7, 11) is 1.79. The van der Waals surface area contributed by atoms with Crippen LogP contribution in [0.5, 0.6) is 0 Å². The maximum atomic E-state index is 11.1. The first-order valence-electron chi connectivity index (χ1n) is 5.40. The van der Waals surface area contributed by atoms with Crippen molar-refractivity contribution < 1.29 is 4.79 Å². The summed E-state index contributed by atoms with van der Waals surface area (Å²) in [5.74, 6) is 1.09. The fourth-order valence-electron chi connectivity index (χ4n) is 1.72. The Hall–Kier alpha value is -0.530. The van der Waals surface area contributed by atoms with E-state index in [9.17, 15) is 4.79 Å². The van der Waals surface area contributed by atoms with Crippen LogP contribution < -0.4 is 5.32 Å². The summed E-state index contributed by atoms with van der Waals surface area (Å²) in [5, 5.41) is 3.22. The molecule has 0 aromatic rings. The number of hydrogen-bond acceptors (Lipinski definition) is 2. The average molecular weight is 340 g/mol. The first-order chi connectivity index (χ1) is 7.19. The number of amides is 1. The number of rotatable bonds is 1. The third kappa shape index (κ3) is 4.15. The van der Waals surface area contributed by atoms with Crippen molar-refractivity contribution in [1.82, 2.24) is 15.1 Å². The number of halogens is 1. The molecule has 5 nitrogen and oxygen atoms in total. The molecule has 0 aromatic carbocycles. The van der Waals surface area contributed by atoms with Crippen LogP contribution in [0.15, 0.2) is 4.99 Å². The lowest BCUT2D eigenvalue weighted by atomic mass is 10.3. The molecule has 0 saturated carbocycles. The minimum absolute atomic E-state index is 0. The number of nitrogens with one attached hydrogen (secondary N) is 1. The van der Waals surface area contributed by atoms with Gasteiger partial charge in [0.05, 0.1) is 0 Å². The molecule has 1 saturated heterocycles. The van der Waals surface area contributed by atoms with Crippen molar-refractivity contribution in [2.24, 2.45) is 4.99 Å². The van der Waals surface area contributed by atoms with E-state index in [1.54, 1.807) is 14.0 Å². The van der Waals surface area contributed by atoms with Gasteiger partial charge in [0.25, 0.3) is 0 Å². The number of carbonyl (C=O) groups excluding carboxylic acids is 1. The van der Waals surface area contributed by atoms with Crippen molar-refractivity contribution in [1.29, 1.82) is 0 Å². The summed E-state index contributed by atoms with van der Waals surface area (Å²) in [4.78, 5) is 19.4. The van der Waals surface area contributed by atoms with E-state index < -0.39 is 0 Å². The Kier molecular flexibility index (Phi) is 7.44. The van der Waals surface area contributed by atoms with E-state index in [1.807, 2.05) is 4.90 Å². The maximum Gasteiger partial charge on any atom is 0.219 e. The molecule has 0 bridgehead atoms. The first-order valence-corrected chi connectivity index (χ1v) is 5.40. The molecular formula is C10H21IN4O. The van der Waals surface area contributed by atoms with Crippen LogP contribution in [0.3, 0.4) is 0 Å². The van der Waals surface area contributed by atoms with Crippen LogP contribution in [0.25, 0.3) is 0 Å². The van der Waals surface area contributed by atoms with Gasteiger partial charge < -0.3 is 15.1 Å². The molecule has 94 valence electrons. The van der Waals surface area contributed by atoms with Crippen LogP contribution >= 0.6 is 24.0 Å². The molecule has 1 N–H and O–H groups in total. The highest BCUT2D eigenvalue weighted by Crippen LogP contribution is 2.02. The number of hydrogen-bond donors (Lipinski definition) is 1. The van der Waals surface area contributed by atoms with E-state index in [0.29, 0.717) is 0 Å². The average Bonchev–Trinajstić information content (AvgIpc) is 2.26. The monoisotopic (exact) mass is 340 g/mol. The lowest BCUT2D eigenvalue weighted by Crippen LogP contribution is -2.53. The lowest BCUT2D eigenvalue weighted by molar-refractivity contribution is -0.130. The smallest absolute Gasteiger partial charge is 0.219 e. The van der Waals surface area contributed by atoms with Gasteiger partial charge in [-0.2, -0.15) is 0 Å². The normalized spacial score (nSPS) is 16.8. The minimum atomic E-state index is 0. The fraction of sp³-hybridized carbons (Fsp3) is 0.800. The SMILES string of the molecule is CCNC(=NC)N1CCN(C(C)=O)CC1.I.